The second-order valence-corrected chi connectivity index (χ2v) is 7.20. The summed E-state index contributed by atoms with van der Waals surface area (Å²) in [5.41, 5.74) is 10.8. The molecule has 1 aromatic rings. The molecule has 1 aliphatic heterocycles. The van der Waals surface area contributed by atoms with Gasteiger partial charge < -0.3 is 16.2 Å². The Bertz CT molecular complexity index is 633. The molecule has 1 aliphatic rings. The third-order valence-electron chi connectivity index (χ3n) is 3.40. The Balaban J connectivity index is 1.78. The molecule has 2 rings (SSSR count). The summed E-state index contributed by atoms with van der Waals surface area (Å²) in [5.74, 6) is 2.36. The van der Waals surface area contributed by atoms with Gasteiger partial charge in [0.2, 0.25) is 11.9 Å². The minimum Gasteiger partial charge on any atom is -0.492 e. The van der Waals surface area contributed by atoms with Gasteiger partial charge in [0.15, 0.2) is 5.66 Å². The van der Waals surface area contributed by atoms with E-state index in [1.54, 1.807) is 0 Å². The molecular formula is C17H27N5O2S. The van der Waals surface area contributed by atoms with Crippen LogP contribution in [0.15, 0.2) is 39.1 Å². The van der Waals surface area contributed by atoms with Gasteiger partial charge >= 0.3 is 0 Å². The number of nitrogens with zero attached hydrogens (tertiary/aromatic N) is 3. The molecule has 7 nitrogen and oxygen atoms in total. The van der Waals surface area contributed by atoms with E-state index in [1.807, 2.05) is 43.8 Å². The van der Waals surface area contributed by atoms with Gasteiger partial charge in [-0.25, -0.2) is 4.99 Å². The lowest BCUT2D eigenvalue weighted by Crippen LogP contribution is -2.53. The zero-order valence-corrected chi connectivity index (χ0v) is 15.9. The number of guanidine groups is 2. The van der Waals surface area contributed by atoms with Crippen LogP contribution < -0.4 is 16.2 Å². The molecule has 1 heterocycles. The van der Waals surface area contributed by atoms with E-state index in [0.29, 0.717) is 19.6 Å². The third kappa shape index (κ3) is 5.54. The van der Waals surface area contributed by atoms with Crippen LogP contribution in [0.1, 0.15) is 33.6 Å². The topological polar surface area (TPSA) is 98.5 Å². The molecule has 0 fully saturated rings. The number of para-hydroxylation sites is 1. The van der Waals surface area contributed by atoms with Crippen LogP contribution in [-0.2, 0) is 4.84 Å². The number of hydroxylamine groups is 2. The molecule has 0 unspecified atom stereocenters. The monoisotopic (exact) mass is 365 g/mol. The average molecular weight is 366 g/mol. The molecule has 0 saturated heterocycles. The summed E-state index contributed by atoms with van der Waals surface area (Å²) in [4.78, 5) is 15.1. The molecule has 8 heteroatoms. The Morgan fingerprint density at radius 1 is 1.20 bits per heavy atom. The lowest BCUT2D eigenvalue weighted by molar-refractivity contribution is -0.158. The fourth-order valence-electron chi connectivity index (χ4n) is 2.32. The van der Waals surface area contributed by atoms with Gasteiger partial charge in [-0.15, -0.1) is 11.8 Å². The van der Waals surface area contributed by atoms with Crippen molar-refractivity contribution in [2.75, 3.05) is 19.0 Å². The highest BCUT2D eigenvalue weighted by Crippen LogP contribution is 2.29. The number of benzene rings is 1. The van der Waals surface area contributed by atoms with Gasteiger partial charge in [0, 0.05) is 11.3 Å². The normalized spacial score (nSPS) is 16.4. The first-order valence-electron chi connectivity index (χ1n) is 8.41. The van der Waals surface area contributed by atoms with Crippen molar-refractivity contribution in [3.05, 3.63) is 24.3 Å². The van der Waals surface area contributed by atoms with Gasteiger partial charge in [0.25, 0.3) is 0 Å². The molecule has 0 saturated carbocycles. The number of aliphatic imine (C=N–C) groups is 2. The Morgan fingerprint density at radius 3 is 2.68 bits per heavy atom. The second kappa shape index (κ2) is 8.96. The van der Waals surface area contributed by atoms with Gasteiger partial charge in [0.1, 0.15) is 5.75 Å². The van der Waals surface area contributed by atoms with Gasteiger partial charge in [0.05, 0.1) is 13.2 Å². The number of hydrogen-bond acceptors (Lipinski definition) is 8. The molecule has 0 aliphatic carbocycles. The van der Waals surface area contributed by atoms with E-state index >= 15 is 0 Å². The fraction of sp³-hybridized carbons (Fsp3) is 0.529. The van der Waals surface area contributed by atoms with Crippen molar-refractivity contribution >= 4 is 23.7 Å². The first-order valence-corrected chi connectivity index (χ1v) is 9.40. The average Bonchev–Trinajstić information content (AvgIpc) is 2.54. The van der Waals surface area contributed by atoms with Crippen LogP contribution in [0.2, 0.25) is 0 Å². The van der Waals surface area contributed by atoms with Crippen LogP contribution in [-0.4, -0.2) is 41.6 Å². The van der Waals surface area contributed by atoms with Crippen LogP contribution in [0, 0.1) is 0 Å². The predicted molar refractivity (Wildman–Crippen MR) is 103 cm³/mol. The maximum atomic E-state index is 5.89. The molecule has 0 bridgehead atoms. The zero-order valence-electron chi connectivity index (χ0n) is 15.1. The highest BCUT2D eigenvalue weighted by Gasteiger charge is 2.32. The molecular weight excluding hydrogens is 338 g/mol. The summed E-state index contributed by atoms with van der Waals surface area (Å²) in [6.07, 6.45) is 1.85. The van der Waals surface area contributed by atoms with E-state index in [-0.39, 0.29) is 11.9 Å². The minimum absolute atomic E-state index is 0.159. The van der Waals surface area contributed by atoms with Crippen LogP contribution in [0.3, 0.4) is 0 Å². The Hall–Kier alpha value is -1.93. The van der Waals surface area contributed by atoms with Crippen molar-refractivity contribution in [2.45, 2.75) is 44.2 Å². The second-order valence-electron chi connectivity index (χ2n) is 6.06. The summed E-state index contributed by atoms with van der Waals surface area (Å²) >= 11 is 1.81. The number of rotatable bonds is 9. The zero-order chi connectivity index (χ0) is 18.3. The van der Waals surface area contributed by atoms with Crippen LogP contribution in [0.5, 0.6) is 5.75 Å². The standard InChI is InChI=1S/C17H27N5O2S/c1-4-12-25-14-9-6-5-8-13(14)23-10-7-11-24-22-16(19)20-15(18)21-17(22,2)3/h5-6,8-9H,4,7,10-12H2,1-3H3,(H4,18,19,20,21). The minimum atomic E-state index is -0.680. The Morgan fingerprint density at radius 2 is 1.96 bits per heavy atom. The molecule has 0 radical (unpaired) electrons. The Kier molecular flexibility index (Phi) is 6.95. The van der Waals surface area contributed by atoms with Gasteiger partial charge in [-0.2, -0.15) is 10.1 Å². The molecule has 0 aromatic heterocycles. The largest absolute Gasteiger partial charge is 0.492 e. The smallest absolute Gasteiger partial charge is 0.226 e. The Labute approximate surface area is 153 Å². The summed E-state index contributed by atoms with van der Waals surface area (Å²) in [6.45, 7) is 6.89. The van der Waals surface area contributed by atoms with Crippen LogP contribution in [0.4, 0.5) is 0 Å². The van der Waals surface area contributed by atoms with Crippen molar-refractivity contribution < 1.29 is 9.57 Å². The molecule has 1 aromatic carbocycles. The molecule has 0 amide bonds. The first kappa shape index (κ1) is 19.4. The van der Waals surface area contributed by atoms with E-state index in [0.717, 1.165) is 17.9 Å². The van der Waals surface area contributed by atoms with Gasteiger partial charge in [-0.05, 0) is 38.2 Å². The number of hydrogen-bond donors (Lipinski definition) is 2. The van der Waals surface area contributed by atoms with Crippen molar-refractivity contribution in [3.63, 3.8) is 0 Å². The lowest BCUT2D eigenvalue weighted by Gasteiger charge is -2.36. The van der Waals surface area contributed by atoms with Crippen LogP contribution >= 0.6 is 11.8 Å². The number of thioether (sulfide) groups is 1. The SMILES string of the molecule is CCCSc1ccccc1OCCCON1C(N)=NC(N)=NC1(C)C. The van der Waals surface area contributed by atoms with Gasteiger partial charge in [-0.3, -0.25) is 4.84 Å². The predicted octanol–water partition coefficient (Wildman–Crippen LogP) is 2.57. The molecule has 4 N–H and O–H groups in total. The summed E-state index contributed by atoms with van der Waals surface area (Å²) in [6, 6.07) is 8.09. The maximum Gasteiger partial charge on any atom is 0.226 e. The van der Waals surface area contributed by atoms with Crippen molar-refractivity contribution in [1.82, 2.24) is 5.06 Å². The van der Waals surface area contributed by atoms with E-state index in [2.05, 4.69) is 23.0 Å². The number of nitrogens with two attached hydrogens (primary N) is 2. The summed E-state index contributed by atoms with van der Waals surface area (Å²) < 4.78 is 5.89. The van der Waals surface area contributed by atoms with Crippen LogP contribution in [0.25, 0.3) is 0 Å². The highest BCUT2D eigenvalue weighted by atomic mass is 32.2. The quantitative estimate of drug-likeness (QED) is 0.515. The van der Waals surface area contributed by atoms with Crippen molar-refractivity contribution in [2.24, 2.45) is 21.5 Å². The van der Waals surface area contributed by atoms with Crippen molar-refractivity contribution in [1.29, 1.82) is 0 Å². The molecule has 0 spiro atoms. The molecule has 0 atom stereocenters. The van der Waals surface area contributed by atoms with E-state index in [1.165, 1.54) is 9.96 Å². The first-order chi connectivity index (χ1) is 11.9. The highest BCUT2D eigenvalue weighted by molar-refractivity contribution is 7.99. The van der Waals surface area contributed by atoms with E-state index in [4.69, 9.17) is 21.0 Å². The van der Waals surface area contributed by atoms with Crippen molar-refractivity contribution in [3.8, 4) is 5.75 Å². The number of ether oxygens (including phenoxy) is 1. The summed E-state index contributed by atoms with van der Waals surface area (Å²) in [7, 11) is 0. The van der Waals surface area contributed by atoms with Gasteiger partial charge in [-0.1, -0.05) is 19.1 Å². The van der Waals surface area contributed by atoms with E-state index in [9.17, 15) is 0 Å². The maximum absolute atomic E-state index is 5.89. The van der Waals surface area contributed by atoms with E-state index < -0.39 is 5.66 Å². The lowest BCUT2D eigenvalue weighted by atomic mass is 10.2. The molecule has 138 valence electrons. The third-order valence-corrected chi connectivity index (χ3v) is 4.66. The molecule has 25 heavy (non-hydrogen) atoms. The fourth-order valence-corrected chi connectivity index (χ4v) is 3.18. The summed E-state index contributed by atoms with van der Waals surface area (Å²) in [5, 5.41) is 1.48.